The summed E-state index contributed by atoms with van der Waals surface area (Å²) in [6, 6.07) is -0.942. The molecule has 0 bridgehead atoms. The fourth-order valence-electron chi connectivity index (χ4n) is 1.77. The Labute approximate surface area is 159 Å². The highest BCUT2D eigenvalue weighted by Crippen LogP contribution is 2.11. The molecule has 156 valence electrons. The van der Waals surface area contributed by atoms with Crippen LogP contribution in [0.3, 0.4) is 0 Å². The Morgan fingerprint density at radius 1 is 1.11 bits per heavy atom. The Hall–Kier alpha value is -2.39. The molecule has 0 rings (SSSR count). The number of rotatable bonds is 6. The van der Waals surface area contributed by atoms with Crippen LogP contribution in [0.2, 0.25) is 0 Å². The van der Waals surface area contributed by atoms with Crippen molar-refractivity contribution in [1.29, 1.82) is 0 Å². The number of alkyl carbamates (subject to hydrolysis) is 1. The summed E-state index contributed by atoms with van der Waals surface area (Å²) in [4.78, 5) is 38.7. The van der Waals surface area contributed by atoms with Gasteiger partial charge in [0.25, 0.3) is 0 Å². The number of nitrogens with zero attached hydrogens (tertiary/aromatic N) is 2. The molecule has 0 fully saturated rings. The van der Waals surface area contributed by atoms with E-state index in [-0.39, 0.29) is 23.9 Å². The minimum Gasteiger partial charge on any atom is -0.444 e. The van der Waals surface area contributed by atoms with E-state index < -0.39 is 35.3 Å². The number of aliphatic imine (C=N–C) groups is 1. The summed E-state index contributed by atoms with van der Waals surface area (Å²) in [5.41, 5.74) is 3.73. The van der Waals surface area contributed by atoms with Gasteiger partial charge >= 0.3 is 12.2 Å². The topological polar surface area (TPSA) is 123 Å². The Bertz CT molecular complexity index is 567. The van der Waals surface area contributed by atoms with Crippen molar-refractivity contribution in [1.82, 2.24) is 10.4 Å². The number of carbonyl (C=O) groups excluding carboxylic acids is 3. The second kappa shape index (κ2) is 10.1. The van der Waals surface area contributed by atoms with Gasteiger partial charge in [-0.3, -0.25) is 9.79 Å². The molecule has 10 heteroatoms. The Kier molecular flexibility index (Phi) is 9.18. The molecule has 0 spiro atoms. The summed E-state index contributed by atoms with van der Waals surface area (Å²) < 4.78 is 23.8. The zero-order valence-corrected chi connectivity index (χ0v) is 17.1. The van der Waals surface area contributed by atoms with Gasteiger partial charge in [-0.15, -0.1) is 0 Å². The molecule has 0 saturated carbocycles. The minimum absolute atomic E-state index is 0.120. The molecular weight excluding hydrogens is 359 g/mol. The normalized spacial score (nSPS) is 13.6. The van der Waals surface area contributed by atoms with Gasteiger partial charge in [-0.25, -0.2) is 9.59 Å². The van der Waals surface area contributed by atoms with E-state index in [0.29, 0.717) is 6.42 Å². The van der Waals surface area contributed by atoms with E-state index in [1.807, 2.05) is 0 Å². The molecule has 0 radical (unpaired) electrons. The number of nitrogens with two attached hydrogens (primary N) is 1. The molecule has 1 unspecified atom stereocenters. The van der Waals surface area contributed by atoms with E-state index in [4.69, 9.17) is 15.2 Å². The van der Waals surface area contributed by atoms with Gasteiger partial charge in [-0.2, -0.15) is 0 Å². The van der Waals surface area contributed by atoms with E-state index in [1.165, 1.54) is 6.92 Å². The molecule has 3 amide bonds. The highest BCUT2D eigenvalue weighted by atomic mass is 19.2. The molecule has 0 aliphatic heterocycles. The molecule has 27 heavy (non-hydrogen) atoms. The Balaban J connectivity index is 4.55. The second-order valence-electron chi connectivity index (χ2n) is 7.93. The van der Waals surface area contributed by atoms with Crippen LogP contribution in [0.25, 0.3) is 0 Å². The van der Waals surface area contributed by atoms with Crippen LogP contribution in [-0.4, -0.2) is 52.8 Å². The SMILES string of the molecule is CC(=NCCCC(NC(=O)OC(C)(C)C)C(N)=O)N(F)C(=O)OC(C)(C)C. The first-order valence-electron chi connectivity index (χ1n) is 8.61. The number of nitrogens with one attached hydrogen (secondary N) is 1. The lowest BCUT2D eigenvalue weighted by molar-refractivity contribution is -0.120. The van der Waals surface area contributed by atoms with E-state index in [0.717, 1.165) is 0 Å². The number of ether oxygens (including phenoxy) is 2. The van der Waals surface area contributed by atoms with Gasteiger partial charge in [-0.05, 0) is 61.3 Å². The number of amidine groups is 1. The highest BCUT2D eigenvalue weighted by Gasteiger charge is 2.24. The summed E-state index contributed by atoms with van der Waals surface area (Å²) >= 11 is 0. The molecule has 0 aromatic heterocycles. The average Bonchev–Trinajstić information content (AvgIpc) is 2.45. The van der Waals surface area contributed by atoms with Gasteiger partial charge in [0, 0.05) is 6.54 Å². The van der Waals surface area contributed by atoms with Crippen molar-refractivity contribution >= 4 is 23.9 Å². The molecule has 0 aliphatic rings. The maximum atomic E-state index is 13.8. The summed E-state index contributed by atoms with van der Waals surface area (Å²) in [5.74, 6) is -0.901. The maximum absolute atomic E-state index is 13.8. The second-order valence-corrected chi connectivity index (χ2v) is 7.93. The van der Waals surface area contributed by atoms with Gasteiger partial charge in [-0.1, -0.05) is 9.60 Å². The number of carbonyl (C=O) groups is 3. The van der Waals surface area contributed by atoms with Crippen LogP contribution >= 0.6 is 0 Å². The van der Waals surface area contributed by atoms with Gasteiger partial charge in [0.2, 0.25) is 5.91 Å². The number of hydrogen-bond donors (Lipinski definition) is 2. The lowest BCUT2D eigenvalue weighted by atomic mass is 10.1. The van der Waals surface area contributed by atoms with Crippen molar-refractivity contribution in [3.05, 3.63) is 0 Å². The predicted molar refractivity (Wildman–Crippen MR) is 98.7 cm³/mol. The molecule has 9 nitrogen and oxygen atoms in total. The number of halogens is 1. The third-order valence-corrected chi connectivity index (χ3v) is 2.86. The smallest absolute Gasteiger partial charge is 0.444 e. The van der Waals surface area contributed by atoms with Gasteiger partial charge in [0.05, 0.1) is 0 Å². The first kappa shape index (κ1) is 24.6. The molecule has 0 aromatic carbocycles. The summed E-state index contributed by atoms with van der Waals surface area (Å²) in [6.45, 7) is 11.4. The van der Waals surface area contributed by atoms with E-state index in [9.17, 15) is 18.9 Å². The van der Waals surface area contributed by atoms with Gasteiger partial charge in [0.1, 0.15) is 23.1 Å². The van der Waals surface area contributed by atoms with Crippen LogP contribution in [0, 0.1) is 0 Å². The fourth-order valence-corrected chi connectivity index (χ4v) is 1.77. The van der Waals surface area contributed by atoms with Crippen molar-refractivity contribution in [2.75, 3.05) is 6.54 Å². The van der Waals surface area contributed by atoms with Crippen molar-refractivity contribution in [2.24, 2.45) is 10.7 Å². The van der Waals surface area contributed by atoms with Crippen LogP contribution in [0.5, 0.6) is 0 Å². The summed E-state index contributed by atoms with van der Waals surface area (Å²) in [6.07, 6.45) is -1.41. The van der Waals surface area contributed by atoms with Crippen LogP contribution in [-0.2, 0) is 14.3 Å². The zero-order chi connectivity index (χ0) is 21.4. The van der Waals surface area contributed by atoms with E-state index in [2.05, 4.69) is 10.3 Å². The zero-order valence-electron chi connectivity index (χ0n) is 17.1. The minimum atomic E-state index is -1.16. The summed E-state index contributed by atoms with van der Waals surface area (Å²) in [7, 11) is 0. The number of amides is 3. The first-order chi connectivity index (χ1) is 12.1. The van der Waals surface area contributed by atoms with Gasteiger partial charge < -0.3 is 20.5 Å². The van der Waals surface area contributed by atoms with E-state index >= 15 is 0 Å². The summed E-state index contributed by atoms with van der Waals surface area (Å²) in [5, 5.41) is 2.20. The van der Waals surface area contributed by atoms with Crippen LogP contribution < -0.4 is 11.1 Å². The molecule has 0 heterocycles. The molecule has 3 N–H and O–H groups in total. The van der Waals surface area contributed by atoms with Crippen molar-refractivity contribution in [3.63, 3.8) is 0 Å². The number of hydrogen-bond acceptors (Lipinski definition) is 6. The molecule has 0 aliphatic carbocycles. The monoisotopic (exact) mass is 390 g/mol. The van der Waals surface area contributed by atoms with E-state index in [1.54, 1.807) is 41.5 Å². The van der Waals surface area contributed by atoms with Gasteiger partial charge in [0.15, 0.2) is 0 Å². The highest BCUT2D eigenvalue weighted by molar-refractivity contribution is 5.92. The Morgan fingerprint density at radius 2 is 1.63 bits per heavy atom. The first-order valence-corrected chi connectivity index (χ1v) is 8.61. The quantitative estimate of drug-likeness (QED) is 0.312. The molecular formula is C17H31FN4O5. The fraction of sp³-hybridized carbons (Fsp3) is 0.765. The third-order valence-electron chi connectivity index (χ3n) is 2.86. The number of primary amides is 1. The van der Waals surface area contributed by atoms with Crippen molar-refractivity contribution in [2.45, 2.75) is 78.6 Å². The third kappa shape index (κ3) is 11.8. The largest absolute Gasteiger partial charge is 0.444 e. The van der Waals surface area contributed by atoms with Crippen LogP contribution in [0.15, 0.2) is 4.99 Å². The lowest BCUT2D eigenvalue weighted by Crippen LogP contribution is -2.46. The molecule has 0 saturated heterocycles. The Morgan fingerprint density at radius 3 is 2.07 bits per heavy atom. The lowest BCUT2D eigenvalue weighted by Gasteiger charge is -2.22. The average molecular weight is 390 g/mol. The standard InChI is InChI=1S/C17H31FN4O5/c1-11(22(18)15(25)27-17(5,6)7)20-10-8-9-12(13(19)23)21-14(24)26-16(2,3)4/h12H,8-10H2,1-7H3,(H2,19,23)(H,21,24). The molecule has 0 aromatic rings. The predicted octanol–water partition coefficient (Wildman–Crippen LogP) is 2.69. The van der Waals surface area contributed by atoms with Crippen LogP contribution in [0.4, 0.5) is 14.1 Å². The van der Waals surface area contributed by atoms with Crippen LogP contribution in [0.1, 0.15) is 61.3 Å². The van der Waals surface area contributed by atoms with Crippen molar-refractivity contribution < 1.29 is 28.3 Å². The maximum Gasteiger partial charge on any atom is 0.444 e. The molecule has 1 atom stereocenters. The van der Waals surface area contributed by atoms with Crippen molar-refractivity contribution in [3.8, 4) is 0 Å².